The zero-order valence-electron chi connectivity index (χ0n) is 19.3. The fraction of sp³-hybridized carbons (Fsp3) is 0.519. The van der Waals surface area contributed by atoms with Crippen LogP contribution in [-0.2, 0) is 29.0 Å². The average Bonchev–Trinajstić information content (AvgIpc) is 2.86. The third-order valence-electron chi connectivity index (χ3n) is 6.62. The van der Waals surface area contributed by atoms with Gasteiger partial charge in [-0.05, 0) is 54.7 Å². The smallest absolute Gasteiger partial charge is 0.193 e. The fourth-order valence-corrected chi connectivity index (χ4v) is 4.62. The van der Waals surface area contributed by atoms with Gasteiger partial charge in [-0.25, -0.2) is 0 Å². The first-order chi connectivity index (χ1) is 15.8. The van der Waals surface area contributed by atoms with E-state index >= 15 is 0 Å². The van der Waals surface area contributed by atoms with Crippen molar-refractivity contribution in [1.29, 1.82) is 0 Å². The molecule has 0 unspecified atom stereocenters. The van der Waals surface area contributed by atoms with Crippen LogP contribution in [0.5, 0.6) is 0 Å². The number of nitrogens with one attached hydrogen (secondary N) is 1. The fourth-order valence-electron chi connectivity index (χ4n) is 4.62. The van der Waals surface area contributed by atoms with Crippen molar-refractivity contribution in [3.05, 3.63) is 71.3 Å². The standard InChI is InChI=1S/C27H37N3O2/c1-28-27(30-15-11-23(12-16-30)19-22-5-3-2-4-6-22)29-20-24-7-9-25(10-8-24)21-32-26-13-17-31-18-14-26/h2-10,23,26H,11-21H2,1H3,(H,28,29). The first kappa shape index (κ1) is 22.8. The van der Waals surface area contributed by atoms with Crippen molar-refractivity contribution in [2.24, 2.45) is 10.9 Å². The Morgan fingerprint density at radius 3 is 2.31 bits per heavy atom. The number of piperidine rings is 1. The second-order valence-corrected chi connectivity index (χ2v) is 8.96. The molecule has 0 aliphatic carbocycles. The third-order valence-corrected chi connectivity index (χ3v) is 6.62. The number of guanidine groups is 1. The number of benzene rings is 2. The van der Waals surface area contributed by atoms with Gasteiger partial charge in [0.05, 0.1) is 12.7 Å². The van der Waals surface area contributed by atoms with Gasteiger partial charge in [0.1, 0.15) is 0 Å². The summed E-state index contributed by atoms with van der Waals surface area (Å²) in [7, 11) is 1.88. The van der Waals surface area contributed by atoms with Crippen LogP contribution in [0.25, 0.3) is 0 Å². The topological polar surface area (TPSA) is 46.1 Å². The molecule has 0 amide bonds. The summed E-state index contributed by atoms with van der Waals surface area (Å²) in [6.45, 7) is 5.25. The van der Waals surface area contributed by atoms with Gasteiger partial charge >= 0.3 is 0 Å². The molecule has 172 valence electrons. The number of nitrogens with zero attached hydrogens (tertiary/aromatic N) is 2. The molecule has 0 atom stereocenters. The molecule has 1 N–H and O–H groups in total. The van der Waals surface area contributed by atoms with E-state index in [1.54, 1.807) is 0 Å². The normalized spacial score (nSPS) is 18.7. The van der Waals surface area contributed by atoms with Crippen LogP contribution >= 0.6 is 0 Å². The van der Waals surface area contributed by atoms with Crippen molar-refractivity contribution in [2.75, 3.05) is 33.4 Å². The predicted octanol–water partition coefficient (Wildman–Crippen LogP) is 4.41. The molecule has 5 heteroatoms. The van der Waals surface area contributed by atoms with Gasteiger partial charge < -0.3 is 19.7 Å². The number of likely N-dealkylation sites (tertiary alicyclic amines) is 1. The molecule has 4 rings (SSSR count). The van der Waals surface area contributed by atoms with Crippen LogP contribution in [0.15, 0.2) is 59.6 Å². The maximum atomic E-state index is 6.03. The van der Waals surface area contributed by atoms with E-state index < -0.39 is 0 Å². The van der Waals surface area contributed by atoms with Crippen molar-refractivity contribution in [1.82, 2.24) is 10.2 Å². The van der Waals surface area contributed by atoms with Crippen LogP contribution in [0.2, 0.25) is 0 Å². The largest absolute Gasteiger partial charge is 0.381 e. The van der Waals surface area contributed by atoms with E-state index in [9.17, 15) is 0 Å². The van der Waals surface area contributed by atoms with E-state index in [0.29, 0.717) is 12.7 Å². The van der Waals surface area contributed by atoms with Gasteiger partial charge in [0, 0.05) is 39.9 Å². The summed E-state index contributed by atoms with van der Waals surface area (Å²) in [6.07, 6.45) is 5.97. The van der Waals surface area contributed by atoms with Gasteiger partial charge in [-0.3, -0.25) is 4.99 Å². The van der Waals surface area contributed by atoms with Gasteiger partial charge in [-0.15, -0.1) is 0 Å². The Morgan fingerprint density at radius 2 is 1.62 bits per heavy atom. The lowest BCUT2D eigenvalue weighted by molar-refractivity contribution is -0.0390. The molecule has 2 aliphatic heterocycles. The van der Waals surface area contributed by atoms with Gasteiger partial charge in [0.15, 0.2) is 5.96 Å². The molecule has 0 aromatic heterocycles. The molecule has 32 heavy (non-hydrogen) atoms. The monoisotopic (exact) mass is 435 g/mol. The Kier molecular flexibility index (Phi) is 8.57. The van der Waals surface area contributed by atoms with Crippen molar-refractivity contribution in [3.8, 4) is 0 Å². The van der Waals surface area contributed by atoms with Crippen molar-refractivity contribution >= 4 is 5.96 Å². The SMILES string of the molecule is CN=C(NCc1ccc(COC2CCOCC2)cc1)N1CCC(Cc2ccccc2)CC1. The van der Waals surface area contributed by atoms with Crippen LogP contribution in [-0.4, -0.2) is 50.3 Å². The van der Waals surface area contributed by atoms with Gasteiger partial charge in [-0.1, -0.05) is 54.6 Å². The highest BCUT2D eigenvalue weighted by atomic mass is 16.5. The first-order valence-electron chi connectivity index (χ1n) is 12.1. The number of hydrogen-bond donors (Lipinski definition) is 1. The summed E-state index contributed by atoms with van der Waals surface area (Å²) in [5.74, 6) is 1.78. The van der Waals surface area contributed by atoms with Gasteiger partial charge in [0.25, 0.3) is 0 Å². The molecular formula is C27H37N3O2. The number of ether oxygens (including phenoxy) is 2. The van der Waals surface area contributed by atoms with Crippen molar-refractivity contribution < 1.29 is 9.47 Å². The molecule has 0 saturated carbocycles. The third kappa shape index (κ3) is 6.81. The molecule has 0 spiro atoms. The number of aliphatic imine (C=N–C) groups is 1. The quantitative estimate of drug-likeness (QED) is 0.517. The van der Waals surface area contributed by atoms with Crippen molar-refractivity contribution in [2.45, 2.75) is 51.4 Å². The lowest BCUT2D eigenvalue weighted by Gasteiger charge is -2.34. The van der Waals surface area contributed by atoms with Crippen LogP contribution in [0.1, 0.15) is 42.4 Å². The molecule has 2 aromatic carbocycles. The van der Waals surface area contributed by atoms with Crippen molar-refractivity contribution in [3.63, 3.8) is 0 Å². The Bertz CT molecular complexity index is 824. The van der Waals surface area contributed by atoms with E-state index in [4.69, 9.17) is 9.47 Å². The van der Waals surface area contributed by atoms with Crippen LogP contribution in [0.3, 0.4) is 0 Å². The Balaban J connectivity index is 1.19. The summed E-state index contributed by atoms with van der Waals surface area (Å²) in [4.78, 5) is 6.94. The minimum atomic E-state index is 0.338. The van der Waals surface area contributed by atoms with E-state index in [0.717, 1.165) is 57.6 Å². The summed E-state index contributed by atoms with van der Waals surface area (Å²) < 4.78 is 11.4. The number of hydrogen-bond acceptors (Lipinski definition) is 3. The molecule has 2 aromatic rings. The highest BCUT2D eigenvalue weighted by Crippen LogP contribution is 2.22. The van der Waals surface area contributed by atoms with E-state index in [2.05, 4.69) is 69.8 Å². The first-order valence-corrected chi connectivity index (χ1v) is 12.1. The Morgan fingerprint density at radius 1 is 0.938 bits per heavy atom. The zero-order valence-corrected chi connectivity index (χ0v) is 19.3. The highest BCUT2D eigenvalue weighted by Gasteiger charge is 2.21. The second kappa shape index (κ2) is 12.0. The summed E-state index contributed by atoms with van der Waals surface area (Å²) in [5, 5.41) is 3.55. The van der Waals surface area contributed by atoms with E-state index in [1.807, 2.05) is 7.05 Å². The maximum Gasteiger partial charge on any atom is 0.193 e. The minimum Gasteiger partial charge on any atom is -0.381 e. The minimum absolute atomic E-state index is 0.338. The Labute approximate surface area is 192 Å². The molecular weight excluding hydrogens is 398 g/mol. The zero-order chi connectivity index (χ0) is 22.0. The molecule has 2 aliphatic rings. The molecule has 0 bridgehead atoms. The molecule has 0 radical (unpaired) electrons. The lowest BCUT2D eigenvalue weighted by Crippen LogP contribution is -2.45. The highest BCUT2D eigenvalue weighted by molar-refractivity contribution is 5.79. The maximum absolute atomic E-state index is 6.03. The number of rotatable bonds is 7. The predicted molar refractivity (Wildman–Crippen MR) is 130 cm³/mol. The lowest BCUT2D eigenvalue weighted by atomic mass is 9.90. The molecule has 2 heterocycles. The van der Waals surface area contributed by atoms with E-state index in [-0.39, 0.29) is 0 Å². The Hall–Kier alpha value is -2.37. The van der Waals surface area contributed by atoms with E-state index in [1.165, 1.54) is 36.0 Å². The van der Waals surface area contributed by atoms with Crippen LogP contribution in [0.4, 0.5) is 0 Å². The van der Waals surface area contributed by atoms with Crippen LogP contribution in [0, 0.1) is 5.92 Å². The second-order valence-electron chi connectivity index (χ2n) is 8.96. The molecule has 5 nitrogen and oxygen atoms in total. The molecule has 2 fully saturated rings. The summed E-state index contributed by atoms with van der Waals surface area (Å²) >= 11 is 0. The average molecular weight is 436 g/mol. The molecule has 2 saturated heterocycles. The van der Waals surface area contributed by atoms with Crippen LogP contribution < -0.4 is 5.32 Å². The van der Waals surface area contributed by atoms with Gasteiger partial charge in [0.2, 0.25) is 0 Å². The summed E-state index contributed by atoms with van der Waals surface area (Å²) in [6, 6.07) is 19.6. The summed E-state index contributed by atoms with van der Waals surface area (Å²) in [5.41, 5.74) is 3.94. The van der Waals surface area contributed by atoms with Gasteiger partial charge in [-0.2, -0.15) is 0 Å².